The summed E-state index contributed by atoms with van der Waals surface area (Å²) in [5.74, 6) is 0.797. The van der Waals surface area contributed by atoms with Crippen molar-refractivity contribution < 1.29 is 0 Å². The molecule has 0 saturated carbocycles. The van der Waals surface area contributed by atoms with Crippen molar-refractivity contribution in [3.8, 4) is 0 Å². The van der Waals surface area contributed by atoms with Crippen LogP contribution in [0.2, 0.25) is 5.02 Å². The summed E-state index contributed by atoms with van der Waals surface area (Å²) in [4.78, 5) is 4.22. The number of halogens is 1. The Bertz CT molecular complexity index is 582. The van der Waals surface area contributed by atoms with E-state index in [1.54, 1.807) is 7.05 Å². The number of benzene rings is 2. The van der Waals surface area contributed by atoms with E-state index >= 15 is 0 Å². The lowest BCUT2D eigenvalue weighted by molar-refractivity contribution is 0.795. The first-order valence-corrected chi connectivity index (χ1v) is 7.39. The largest absolute Gasteiger partial charge is 0.356 e. The molecule has 0 radical (unpaired) electrons. The molecule has 0 spiro atoms. The molecular formula is C17H20ClN3. The fourth-order valence-electron chi connectivity index (χ4n) is 2.02. The topological polar surface area (TPSA) is 36.4 Å². The minimum atomic E-state index is 0.757. The van der Waals surface area contributed by atoms with Gasteiger partial charge in [-0.2, -0.15) is 0 Å². The summed E-state index contributed by atoms with van der Waals surface area (Å²) in [6.07, 6.45) is 0.867. The molecule has 4 heteroatoms. The van der Waals surface area contributed by atoms with E-state index in [4.69, 9.17) is 11.6 Å². The second-order valence-electron chi connectivity index (χ2n) is 4.68. The molecule has 2 N–H and O–H groups in total. The second kappa shape index (κ2) is 8.32. The summed E-state index contributed by atoms with van der Waals surface area (Å²) in [7, 11) is 1.77. The summed E-state index contributed by atoms with van der Waals surface area (Å²) < 4.78 is 0. The van der Waals surface area contributed by atoms with Gasteiger partial charge < -0.3 is 10.6 Å². The van der Waals surface area contributed by atoms with Crippen molar-refractivity contribution in [2.45, 2.75) is 13.0 Å². The zero-order valence-electron chi connectivity index (χ0n) is 12.1. The molecule has 0 aliphatic heterocycles. The monoisotopic (exact) mass is 301 g/mol. The predicted molar refractivity (Wildman–Crippen MR) is 89.8 cm³/mol. The van der Waals surface area contributed by atoms with Crippen molar-refractivity contribution >= 4 is 17.6 Å². The summed E-state index contributed by atoms with van der Waals surface area (Å²) in [5.41, 5.74) is 2.37. The Morgan fingerprint density at radius 1 is 1.00 bits per heavy atom. The molecule has 0 aliphatic rings. The van der Waals surface area contributed by atoms with E-state index in [-0.39, 0.29) is 0 Å². The molecule has 0 bridgehead atoms. The third-order valence-electron chi connectivity index (χ3n) is 3.17. The molecule has 0 fully saturated rings. The van der Waals surface area contributed by atoms with E-state index in [1.165, 1.54) is 5.56 Å². The Morgan fingerprint density at radius 2 is 1.71 bits per heavy atom. The molecule has 2 aromatic rings. The zero-order chi connectivity index (χ0) is 14.9. The fraction of sp³-hybridized carbons (Fsp3) is 0.235. The minimum Gasteiger partial charge on any atom is -0.356 e. The Balaban J connectivity index is 1.77. The van der Waals surface area contributed by atoms with Crippen LogP contribution in [0.5, 0.6) is 0 Å². The van der Waals surface area contributed by atoms with Gasteiger partial charge in [-0.3, -0.25) is 4.99 Å². The highest BCUT2D eigenvalue weighted by atomic mass is 35.5. The highest BCUT2D eigenvalue weighted by molar-refractivity contribution is 6.31. The van der Waals surface area contributed by atoms with Crippen LogP contribution in [0, 0.1) is 0 Å². The van der Waals surface area contributed by atoms with Crippen molar-refractivity contribution in [3.05, 3.63) is 70.7 Å². The Labute approximate surface area is 131 Å². The van der Waals surface area contributed by atoms with Gasteiger partial charge in [0.2, 0.25) is 0 Å². The molecule has 0 unspecified atom stereocenters. The number of nitrogens with zero attached hydrogens (tertiary/aromatic N) is 1. The third-order valence-corrected chi connectivity index (χ3v) is 3.54. The van der Waals surface area contributed by atoms with E-state index in [9.17, 15) is 0 Å². The van der Waals surface area contributed by atoms with Crippen LogP contribution in [-0.2, 0) is 13.0 Å². The van der Waals surface area contributed by atoms with Crippen LogP contribution in [0.3, 0.4) is 0 Å². The summed E-state index contributed by atoms with van der Waals surface area (Å²) in [6.45, 7) is 1.55. The molecule has 0 atom stereocenters. The molecule has 110 valence electrons. The smallest absolute Gasteiger partial charge is 0.191 e. The van der Waals surface area contributed by atoms with Crippen molar-refractivity contribution in [2.75, 3.05) is 13.6 Å². The van der Waals surface area contributed by atoms with Crippen molar-refractivity contribution in [1.29, 1.82) is 0 Å². The zero-order valence-corrected chi connectivity index (χ0v) is 12.9. The molecule has 2 aromatic carbocycles. The van der Waals surface area contributed by atoms with Crippen molar-refractivity contribution in [3.63, 3.8) is 0 Å². The number of guanidine groups is 1. The maximum atomic E-state index is 6.14. The molecule has 2 rings (SSSR count). The molecular weight excluding hydrogens is 282 g/mol. The van der Waals surface area contributed by atoms with Crippen LogP contribution in [0.15, 0.2) is 59.6 Å². The lowest BCUT2D eigenvalue weighted by atomic mass is 10.1. The normalized spacial score (nSPS) is 11.2. The average Bonchev–Trinajstić information content (AvgIpc) is 2.53. The molecule has 3 nitrogen and oxygen atoms in total. The average molecular weight is 302 g/mol. The lowest BCUT2D eigenvalue weighted by Gasteiger charge is -2.12. The van der Waals surface area contributed by atoms with Crippen molar-refractivity contribution in [2.24, 2.45) is 4.99 Å². The molecule has 0 saturated heterocycles. The van der Waals surface area contributed by atoms with Crippen LogP contribution in [0.1, 0.15) is 11.1 Å². The summed E-state index contributed by atoms with van der Waals surface area (Å²) in [6, 6.07) is 18.2. The van der Waals surface area contributed by atoms with E-state index in [0.29, 0.717) is 0 Å². The van der Waals surface area contributed by atoms with Gasteiger partial charge in [-0.05, 0) is 23.6 Å². The van der Waals surface area contributed by atoms with Gasteiger partial charge in [0, 0.05) is 25.2 Å². The number of hydrogen-bond donors (Lipinski definition) is 2. The second-order valence-corrected chi connectivity index (χ2v) is 5.09. The fourth-order valence-corrected chi connectivity index (χ4v) is 2.25. The number of aliphatic imine (C=N–C) groups is 1. The predicted octanol–water partition coefficient (Wildman–Crippen LogP) is 3.25. The first-order valence-electron chi connectivity index (χ1n) is 7.01. The maximum Gasteiger partial charge on any atom is 0.191 e. The minimum absolute atomic E-state index is 0.757. The maximum absolute atomic E-state index is 6.14. The molecule has 0 aromatic heterocycles. The third kappa shape index (κ3) is 5.12. The molecule has 0 heterocycles. The van der Waals surface area contributed by atoms with E-state index in [2.05, 4.69) is 27.8 Å². The highest BCUT2D eigenvalue weighted by Crippen LogP contribution is 2.14. The van der Waals surface area contributed by atoms with Crippen LogP contribution < -0.4 is 10.6 Å². The molecule has 0 amide bonds. The van der Waals surface area contributed by atoms with E-state index in [0.717, 1.165) is 36.1 Å². The number of nitrogens with one attached hydrogen (secondary N) is 2. The van der Waals surface area contributed by atoms with Crippen LogP contribution in [0.4, 0.5) is 0 Å². The van der Waals surface area contributed by atoms with Crippen LogP contribution in [-0.4, -0.2) is 19.6 Å². The van der Waals surface area contributed by atoms with Gasteiger partial charge in [0.25, 0.3) is 0 Å². The Kier molecular flexibility index (Phi) is 6.10. The van der Waals surface area contributed by atoms with Gasteiger partial charge >= 0.3 is 0 Å². The first-order chi connectivity index (χ1) is 10.3. The number of hydrogen-bond acceptors (Lipinski definition) is 1. The Morgan fingerprint density at radius 3 is 2.43 bits per heavy atom. The van der Waals surface area contributed by atoms with Gasteiger partial charge in [0.05, 0.1) is 0 Å². The molecule has 21 heavy (non-hydrogen) atoms. The quantitative estimate of drug-likeness (QED) is 0.657. The first kappa shape index (κ1) is 15.4. The van der Waals surface area contributed by atoms with Crippen LogP contribution >= 0.6 is 11.6 Å². The van der Waals surface area contributed by atoms with Gasteiger partial charge in [0.1, 0.15) is 0 Å². The van der Waals surface area contributed by atoms with Gasteiger partial charge in [-0.1, -0.05) is 60.1 Å². The van der Waals surface area contributed by atoms with E-state index in [1.807, 2.05) is 42.5 Å². The van der Waals surface area contributed by atoms with Gasteiger partial charge in [-0.25, -0.2) is 0 Å². The lowest BCUT2D eigenvalue weighted by Crippen LogP contribution is -2.37. The Hall–Kier alpha value is -2.00. The summed E-state index contributed by atoms with van der Waals surface area (Å²) >= 11 is 6.14. The summed E-state index contributed by atoms with van der Waals surface area (Å²) in [5, 5.41) is 7.40. The van der Waals surface area contributed by atoms with Crippen LogP contribution in [0.25, 0.3) is 0 Å². The van der Waals surface area contributed by atoms with Crippen molar-refractivity contribution in [1.82, 2.24) is 10.6 Å². The highest BCUT2D eigenvalue weighted by Gasteiger charge is 2.01. The SMILES string of the molecule is CN=C(NCCc1ccccc1Cl)NCc1ccccc1. The number of rotatable bonds is 5. The van der Waals surface area contributed by atoms with Gasteiger partial charge in [-0.15, -0.1) is 0 Å². The standard InChI is InChI=1S/C17H20ClN3/c1-19-17(21-13-14-7-3-2-4-8-14)20-12-11-15-9-5-6-10-16(15)18/h2-10H,11-13H2,1H3,(H2,19,20,21). The van der Waals surface area contributed by atoms with E-state index < -0.39 is 0 Å². The molecule has 0 aliphatic carbocycles. The van der Waals surface area contributed by atoms with Gasteiger partial charge in [0.15, 0.2) is 5.96 Å².